The van der Waals surface area contributed by atoms with E-state index in [1.165, 1.54) is 37.4 Å². The smallest absolute Gasteiger partial charge is 0.232 e. The molecule has 150 valence electrons. The number of nitrogens with two attached hydrogens (primary N) is 1. The molecule has 7 nitrogen and oxygen atoms in total. The second-order valence-electron chi connectivity index (χ2n) is 7.08. The van der Waals surface area contributed by atoms with Crippen LogP contribution < -0.4 is 16.4 Å². The molecule has 1 saturated carbocycles. The molecule has 4 N–H and O–H groups in total. The Hall–Kier alpha value is -2.35. The van der Waals surface area contributed by atoms with E-state index >= 15 is 0 Å². The van der Waals surface area contributed by atoms with Crippen molar-refractivity contribution in [3.05, 3.63) is 36.2 Å². The number of amides is 1. The Morgan fingerprint density at radius 2 is 1.86 bits per heavy atom. The van der Waals surface area contributed by atoms with E-state index in [0.717, 1.165) is 18.5 Å². The van der Waals surface area contributed by atoms with Gasteiger partial charge in [-0.2, -0.15) is 15.0 Å². The van der Waals surface area contributed by atoms with Crippen molar-refractivity contribution in [1.29, 1.82) is 0 Å². The third kappa shape index (κ3) is 6.37. The molecular weight excluding hydrogens is 372 g/mol. The van der Waals surface area contributed by atoms with Crippen LogP contribution in [0.15, 0.2) is 30.3 Å². The Morgan fingerprint density at radius 3 is 2.57 bits per heavy atom. The van der Waals surface area contributed by atoms with E-state index in [0.29, 0.717) is 23.6 Å². The van der Waals surface area contributed by atoms with Crippen molar-refractivity contribution in [2.45, 2.75) is 56.7 Å². The fourth-order valence-corrected chi connectivity index (χ4v) is 4.01. The molecule has 1 aliphatic carbocycles. The van der Waals surface area contributed by atoms with Crippen molar-refractivity contribution < 1.29 is 4.79 Å². The van der Waals surface area contributed by atoms with Gasteiger partial charge in [-0.05, 0) is 31.9 Å². The van der Waals surface area contributed by atoms with Gasteiger partial charge in [0.15, 0.2) is 0 Å². The number of hydrogen-bond acceptors (Lipinski definition) is 7. The van der Waals surface area contributed by atoms with Crippen molar-refractivity contribution in [2.75, 3.05) is 16.8 Å². The summed E-state index contributed by atoms with van der Waals surface area (Å²) in [4.78, 5) is 25.2. The van der Waals surface area contributed by atoms with E-state index in [4.69, 9.17) is 5.73 Å². The number of rotatable bonds is 7. The molecule has 1 aromatic heterocycles. The van der Waals surface area contributed by atoms with Crippen molar-refractivity contribution in [2.24, 2.45) is 0 Å². The lowest BCUT2D eigenvalue weighted by Crippen LogP contribution is -2.35. The highest BCUT2D eigenvalue weighted by molar-refractivity contribution is 8.00. The summed E-state index contributed by atoms with van der Waals surface area (Å²) in [6, 6.07) is 9.97. The molecule has 3 rings (SSSR count). The summed E-state index contributed by atoms with van der Waals surface area (Å²) in [5.41, 5.74) is 6.73. The van der Waals surface area contributed by atoms with E-state index in [2.05, 4.69) is 25.6 Å². The van der Waals surface area contributed by atoms with Crippen molar-refractivity contribution >= 4 is 35.3 Å². The van der Waals surface area contributed by atoms with Gasteiger partial charge >= 0.3 is 0 Å². The van der Waals surface area contributed by atoms with Crippen LogP contribution in [0.25, 0.3) is 0 Å². The van der Waals surface area contributed by atoms with Gasteiger partial charge in [-0.15, -0.1) is 11.8 Å². The maximum atomic E-state index is 12.3. The average molecular weight is 401 g/mol. The summed E-state index contributed by atoms with van der Waals surface area (Å²) < 4.78 is 0. The fourth-order valence-electron chi connectivity index (χ4n) is 3.27. The molecule has 2 aromatic rings. The first-order valence-electron chi connectivity index (χ1n) is 9.84. The molecule has 1 amide bonds. The SMILES string of the molecule is CC(SCC(=O)NC1CCCCCC1)c1nc(N)nc(Nc2ccccc2)n1. The highest BCUT2D eigenvalue weighted by atomic mass is 32.2. The Bertz CT molecular complexity index is 765. The summed E-state index contributed by atoms with van der Waals surface area (Å²) in [7, 11) is 0. The van der Waals surface area contributed by atoms with Gasteiger partial charge in [-0.1, -0.05) is 43.9 Å². The highest BCUT2D eigenvalue weighted by Gasteiger charge is 2.18. The lowest BCUT2D eigenvalue weighted by Gasteiger charge is -2.17. The minimum Gasteiger partial charge on any atom is -0.368 e. The summed E-state index contributed by atoms with van der Waals surface area (Å²) >= 11 is 1.51. The molecule has 1 atom stereocenters. The van der Waals surface area contributed by atoms with Gasteiger partial charge in [0, 0.05) is 11.7 Å². The predicted octanol–water partition coefficient (Wildman–Crippen LogP) is 3.83. The van der Waals surface area contributed by atoms with Crippen LogP contribution in [0.2, 0.25) is 0 Å². The minimum absolute atomic E-state index is 0.0680. The number of thioether (sulfide) groups is 1. The third-order valence-electron chi connectivity index (χ3n) is 4.75. The minimum atomic E-state index is -0.0680. The molecule has 0 aliphatic heterocycles. The second-order valence-corrected chi connectivity index (χ2v) is 8.40. The standard InChI is InChI=1S/C20H28N6OS/c1-14(28-13-17(27)22-15-9-5-2-3-6-10-15)18-24-19(21)26-20(25-18)23-16-11-7-4-8-12-16/h4,7-8,11-12,14-15H,2-3,5-6,9-10,13H2,1H3,(H,22,27)(H3,21,23,24,25,26). The zero-order valence-corrected chi connectivity index (χ0v) is 17.0. The van der Waals surface area contributed by atoms with Crippen LogP contribution in [0, 0.1) is 0 Å². The van der Waals surface area contributed by atoms with E-state index in [1.807, 2.05) is 37.3 Å². The summed E-state index contributed by atoms with van der Waals surface area (Å²) in [6.45, 7) is 1.98. The van der Waals surface area contributed by atoms with Crippen LogP contribution in [0.3, 0.4) is 0 Å². The maximum Gasteiger partial charge on any atom is 0.232 e. The Balaban J connectivity index is 1.54. The third-order valence-corrected chi connectivity index (χ3v) is 5.89. The Labute approximate surface area is 170 Å². The van der Waals surface area contributed by atoms with Crippen LogP contribution in [0.4, 0.5) is 17.6 Å². The van der Waals surface area contributed by atoms with Gasteiger partial charge < -0.3 is 16.4 Å². The predicted molar refractivity (Wildman–Crippen MR) is 114 cm³/mol. The summed E-state index contributed by atoms with van der Waals surface area (Å²) in [6.07, 6.45) is 7.14. The number of carbonyl (C=O) groups excluding carboxylic acids is 1. The second kappa shape index (κ2) is 10.3. The number of anilines is 3. The van der Waals surface area contributed by atoms with E-state index < -0.39 is 0 Å². The fraction of sp³-hybridized carbons (Fsp3) is 0.500. The number of carbonyl (C=O) groups is 1. The molecule has 1 aliphatic rings. The van der Waals surface area contributed by atoms with Crippen LogP contribution >= 0.6 is 11.8 Å². The van der Waals surface area contributed by atoms with E-state index in [9.17, 15) is 4.79 Å². The largest absolute Gasteiger partial charge is 0.368 e. The van der Waals surface area contributed by atoms with E-state index in [1.54, 1.807) is 0 Å². The number of hydrogen-bond donors (Lipinski definition) is 3. The van der Waals surface area contributed by atoms with Crippen molar-refractivity contribution in [1.82, 2.24) is 20.3 Å². The lowest BCUT2D eigenvalue weighted by atomic mass is 10.1. The molecule has 1 heterocycles. The summed E-state index contributed by atoms with van der Waals surface area (Å²) in [5, 5.41) is 6.24. The Kier molecular flexibility index (Phi) is 7.47. The normalized spacial score (nSPS) is 16.2. The maximum absolute atomic E-state index is 12.3. The van der Waals surface area contributed by atoms with Crippen LogP contribution in [0.1, 0.15) is 56.5 Å². The molecule has 1 unspecified atom stereocenters. The van der Waals surface area contributed by atoms with Crippen LogP contribution in [-0.4, -0.2) is 32.7 Å². The molecule has 0 radical (unpaired) electrons. The quantitative estimate of drug-likeness (QED) is 0.606. The summed E-state index contributed by atoms with van der Waals surface area (Å²) in [5.74, 6) is 1.60. The topological polar surface area (TPSA) is 106 Å². The van der Waals surface area contributed by atoms with Gasteiger partial charge in [0.1, 0.15) is 5.82 Å². The first-order chi connectivity index (χ1) is 13.6. The van der Waals surface area contributed by atoms with Crippen molar-refractivity contribution in [3.63, 3.8) is 0 Å². The molecule has 1 fully saturated rings. The molecule has 0 bridgehead atoms. The molecule has 1 aromatic carbocycles. The molecule has 8 heteroatoms. The Morgan fingerprint density at radius 1 is 1.14 bits per heavy atom. The number of nitrogens with zero attached hydrogens (tertiary/aromatic N) is 3. The number of benzene rings is 1. The first kappa shape index (κ1) is 20.4. The van der Waals surface area contributed by atoms with Crippen LogP contribution in [0.5, 0.6) is 0 Å². The zero-order valence-electron chi connectivity index (χ0n) is 16.2. The molecule has 0 saturated heterocycles. The molecule has 0 spiro atoms. The van der Waals surface area contributed by atoms with Crippen molar-refractivity contribution in [3.8, 4) is 0 Å². The van der Waals surface area contributed by atoms with Gasteiger partial charge in [0.25, 0.3) is 0 Å². The van der Waals surface area contributed by atoms with Gasteiger partial charge in [0.2, 0.25) is 17.8 Å². The molecular formula is C20H28N6OS. The molecule has 28 heavy (non-hydrogen) atoms. The number of para-hydroxylation sites is 1. The average Bonchev–Trinajstić information content (AvgIpc) is 2.95. The lowest BCUT2D eigenvalue weighted by molar-refractivity contribution is -0.119. The number of aromatic nitrogens is 3. The van der Waals surface area contributed by atoms with Crippen LogP contribution in [-0.2, 0) is 4.79 Å². The zero-order chi connectivity index (χ0) is 19.8. The van der Waals surface area contributed by atoms with Gasteiger partial charge in [-0.3, -0.25) is 4.79 Å². The van der Waals surface area contributed by atoms with Gasteiger partial charge in [-0.25, -0.2) is 0 Å². The number of nitrogen functional groups attached to an aromatic ring is 1. The van der Waals surface area contributed by atoms with E-state index in [-0.39, 0.29) is 17.1 Å². The monoisotopic (exact) mass is 400 g/mol. The number of nitrogens with one attached hydrogen (secondary N) is 2. The first-order valence-corrected chi connectivity index (χ1v) is 10.9. The highest BCUT2D eigenvalue weighted by Crippen LogP contribution is 2.27. The van der Waals surface area contributed by atoms with Gasteiger partial charge in [0.05, 0.1) is 11.0 Å².